The second kappa shape index (κ2) is 4.58. The molecule has 7 heteroatoms. The molecule has 2 aliphatic heterocycles. The van der Waals surface area contributed by atoms with Crippen LogP contribution in [0.3, 0.4) is 0 Å². The van der Waals surface area contributed by atoms with Crippen molar-refractivity contribution in [1.29, 1.82) is 0 Å². The summed E-state index contributed by atoms with van der Waals surface area (Å²) in [6, 6.07) is 5.26. The Balaban J connectivity index is 1.82. The first-order chi connectivity index (χ1) is 9.13. The summed E-state index contributed by atoms with van der Waals surface area (Å²) in [5.41, 5.74) is 0.732. The first-order valence-electron chi connectivity index (χ1n) is 5.54. The van der Waals surface area contributed by atoms with Crippen LogP contribution in [0.5, 0.6) is 11.5 Å². The number of carboxylic acids is 1. The van der Waals surface area contributed by atoms with Crippen LogP contribution in [0.25, 0.3) is 0 Å². The minimum Gasteiger partial charge on any atom is -0.481 e. The molecule has 6 nitrogen and oxygen atoms in total. The number of hydrogen-bond donors (Lipinski definition) is 1. The van der Waals surface area contributed by atoms with E-state index in [1.807, 2.05) is 0 Å². The topological polar surface area (TPSA) is 85.2 Å². The number of carbonyl (C=O) groups excluding carboxylic acids is 1. The molecular weight excluding hydrogens is 270 g/mol. The lowest BCUT2D eigenvalue weighted by molar-refractivity contribution is -0.138. The molecule has 0 aliphatic carbocycles. The molecule has 0 bridgehead atoms. The minimum atomic E-state index is -1.01. The van der Waals surface area contributed by atoms with E-state index < -0.39 is 17.1 Å². The molecular formula is C12H9NO5S. The summed E-state index contributed by atoms with van der Waals surface area (Å²) in [5.74, 6) is -0.149. The number of aliphatic imine (C=N–C) groups is 1. The number of amides is 1. The van der Waals surface area contributed by atoms with Crippen LogP contribution in [-0.4, -0.2) is 34.1 Å². The van der Waals surface area contributed by atoms with E-state index in [1.165, 1.54) is 11.8 Å². The van der Waals surface area contributed by atoms with Crippen LogP contribution in [0.2, 0.25) is 0 Å². The van der Waals surface area contributed by atoms with Gasteiger partial charge >= 0.3 is 5.97 Å². The number of hydrogen-bond acceptors (Lipinski definition) is 5. The van der Waals surface area contributed by atoms with E-state index >= 15 is 0 Å². The predicted molar refractivity (Wildman–Crippen MR) is 67.7 cm³/mol. The van der Waals surface area contributed by atoms with Crippen molar-refractivity contribution in [2.45, 2.75) is 11.7 Å². The fraction of sp³-hybridized carbons (Fsp3) is 0.250. The molecule has 0 spiro atoms. The Morgan fingerprint density at radius 3 is 3.00 bits per heavy atom. The van der Waals surface area contributed by atoms with Gasteiger partial charge in [-0.25, -0.2) is 4.99 Å². The number of carbonyl (C=O) groups is 2. The third kappa shape index (κ3) is 2.28. The fourth-order valence-corrected chi connectivity index (χ4v) is 2.89. The molecule has 3 rings (SSSR count). The zero-order valence-corrected chi connectivity index (χ0v) is 10.5. The van der Waals surface area contributed by atoms with Gasteiger partial charge in [-0.05, 0) is 18.2 Å². The van der Waals surface area contributed by atoms with Gasteiger partial charge in [0.1, 0.15) is 10.3 Å². The monoisotopic (exact) mass is 279 g/mol. The van der Waals surface area contributed by atoms with E-state index in [9.17, 15) is 9.59 Å². The van der Waals surface area contributed by atoms with Crippen LogP contribution in [0.1, 0.15) is 12.0 Å². The van der Waals surface area contributed by atoms with Gasteiger partial charge in [-0.1, -0.05) is 11.8 Å². The lowest BCUT2D eigenvalue weighted by atomic mass is 10.2. The number of nitrogens with zero attached hydrogens (tertiary/aromatic N) is 1. The molecule has 98 valence electrons. The molecule has 1 atom stereocenters. The average Bonchev–Trinajstić information content (AvgIpc) is 2.95. The maximum absolute atomic E-state index is 11.6. The van der Waals surface area contributed by atoms with Crippen molar-refractivity contribution in [3.05, 3.63) is 23.8 Å². The second-order valence-electron chi connectivity index (χ2n) is 4.03. The maximum Gasteiger partial charge on any atom is 0.305 e. The maximum atomic E-state index is 11.6. The van der Waals surface area contributed by atoms with Crippen LogP contribution in [-0.2, 0) is 9.59 Å². The molecule has 2 heterocycles. The molecule has 0 aromatic heterocycles. The lowest BCUT2D eigenvalue weighted by Gasteiger charge is -2.04. The van der Waals surface area contributed by atoms with E-state index in [2.05, 4.69) is 4.99 Å². The number of ether oxygens (including phenoxy) is 2. The smallest absolute Gasteiger partial charge is 0.305 e. The molecule has 0 saturated heterocycles. The van der Waals surface area contributed by atoms with Crippen molar-refractivity contribution in [1.82, 2.24) is 0 Å². The second-order valence-corrected chi connectivity index (χ2v) is 5.22. The molecule has 19 heavy (non-hydrogen) atoms. The molecule has 0 radical (unpaired) electrons. The van der Waals surface area contributed by atoms with Crippen molar-refractivity contribution >= 4 is 28.7 Å². The minimum absolute atomic E-state index is 0.180. The highest BCUT2D eigenvalue weighted by Gasteiger charge is 2.31. The highest BCUT2D eigenvalue weighted by molar-refractivity contribution is 8.16. The van der Waals surface area contributed by atoms with Gasteiger partial charge in [-0.15, -0.1) is 0 Å². The van der Waals surface area contributed by atoms with E-state index in [1.54, 1.807) is 18.2 Å². The Labute approximate surface area is 112 Å². The number of thioether (sulfide) groups is 1. The van der Waals surface area contributed by atoms with E-state index in [0.29, 0.717) is 16.5 Å². The normalized spacial score (nSPS) is 20.5. The van der Waals surface area contributed by atoms with Gasteiger partial charge in [0.15, 0.2) is 11.5 Å². The van der Waals surface area contributed by atoms with Gasteiger partial charge in [-0.2, -0.15) is 0 Å². The number of aliphatic carboxylic acids is 1. The van der Waals surface area contributed by atoms with E-state index in [4.69, 9.17) is 14.6 Å². The highest BCUT2D eigenvalue weighted by Crippen LogP contribution is 2.36. The van der Waals surface area contributed by atoms with Crippen molar-refractivity contribution in [2.24, 2.45) is 4.99 Å². The van der Waals surface area contributed by atoms with Crippen molar-refractivity contribution in [2.75, 3.05) is 6.79 Å². The van der Waals surface area contributed by atoms with Crippen molar-refractivity contribution in [3.63, 3.8) is 0 Å². The summed E-state index contributed by atoms with van der Waals surface area (Å²) in [7, 11) is 0. The molecule has 1 aromatic carbocycles. The first kappa shape index (κ1) is 12.0. The zero-order valence-electron chi connectivity index (χ0n) is 9.66. The Kier molecular flexibility index (Phi) is 2.90. The van der Waals surface area contributed by atoms with Crippen LogP contribution in [0.15, 0.2) is 23.2 Å². The first-order valence-corrected chi connectivity index (χ1v) is 6.42. The van der Waals surface area contributed by atoms with Gasteiger partial charge in [0, 0.05) is 5.56 Å². The quantitative estimate of drug-likeness (QED) is 0.897. The molecule has 0 fully saturated rings. The zero-order chi connectivity index (χ0) is 13.4. The van der Waals surface area contributed by atoms with Crippen molar-refractivity contribution in [3.8, 4) is 11.5 Å². The van der Waals surface area contributed by atoms with Gasteiger partial charge in [0.25, 0.3) is 5.91 Å². The van der Waals surface area contributed by atoms with Gasteiger partial charge in [0.05, 0.1) is 6.42 Å². The van der Waals surface area contributed by atoms with E-state index in [-0.39, 0.29) is 13.2 Å². The van der Waals surface area contributed by atoms with Gasteiger partial charge in [-0.3, -0.25) is 9.59 Å². The molecule has 0 unspecified atom stereocenters. The average molecular weight is 279 g/mol. The van der Waals surface area contributed by atoms with Crippen LogP contribution < -0.4 is 9.47 Å². The summed E-state index contributed by atoms with van der Waals surface area (Å²) in [5, 5.41) is 8.60. The Morgan fingerprint density at radius 2 is 2.21 bits per heavy atom. The number of benzene rings is 1. The Hall–Kier alpha value is -2.02. The predicted octanol–water partition coefficient (Wildman–Crippen LogP) is 1.28. The largest absolute Gasteiger partial charge is 0.481 e. The number of fused-ring (bicyclic) bond motifs is 1. The lowest BCUT2D eigenvalue weighted by Crippen LogP contribution is -2.15. The summed E-state index contributed by atoms with van der Waals surface area (Å²) in [4.78, 5) is 26.1. The molecule has 1 N–H and O–H groups in total. The van der Waals surface area contributed by atoms with Gasteiger partial charge in [0.2, 0.25) is 6.79 Å². The third-order valence-corrected chi connectivity index (χ3v) is 3.92. The Morgan fingerprint density at radius 1 is 1.42 bits per heavy atom. The van der Waals surface area contributed by atoms with Crippen LogP contribution >= 0.6 is 11.8 Å². The molecule has 2 aliphatic rings. The summed E-state index contributed by atoms with van der Waals surface area (Å²) in [6.45, 7) is 0.180. The van der Waals surface area contributed by atoms with Gasteiger partial charge < -0.3 is 14.6 Å². The van der Waals surface area contributed by atoms with E-state index in [0.717, 1.165) is 5.56 Å². The number of rotatable bonds is 3. The molecule has 1 aromatic rings. The summed E-state index contributed by atoms with van der Waals surface area (Å²) in [6.07, 6.45) is -0.221. The standard InChI is InChI=1S/C12H9NO5S/c14-10(15)4-9-11(16)13-12(19-9)6-1-2-7-8(3-6)18-5-17-7/h1-3,9H,4-5H2,(H,14,15)/t9-/m0/s1. The molecule has 0 saturated carbocycles. The SMILES string of the molecule is O=C(O)C[C@@H]1SC(c2ccc3c(c2)OCO3)=NC1=O. The summed E-state index contributed by atoms with van der Waals surface area (Å²) < 4.78 is 10.4. The third-order valence-electron chi connectivity index (χ3n) is 2.72. The Bertz CT molecular complexity index is 598. The van der Waals surface area contributed by atoms with Crippen LogP contribution in [0, 0.1) is 0 Å². The highest BCUT2D eigenvalue weighted by atomic mass is 32.2. The summed E-state index contributed by atoms with van der Waals surface area (Å²) >= 11 is 1.17. The van der Waals surface area contributed by atoms with Crippen molar-refractivity contribution < 1.29 is 24.2 Å². The fourth-order valence-electron chi connectivity index (χ4n) is 1.83. The van der Waals surface area contributed by atoms with Crippen LogP contribution in [0.4, 0.5) is 0 Å². The number of carboxylic acid groups (broad SMARTS) is 1. The molecule has 1 amide bonds.